The van der Waals surface area contributed by atoms with Gasteiger partial charge in [0.1, 0.15) is 6.04 Å². The van der Waals surface area contributed by atoms with Crippen molar-refractivity contribution in [3.05, 3.63) is 35.9 Å². The van der Waals surface area contributed by atoms with Crippen LogP contribution in [0.1, 0.15) is 37.8 Å². The van der Waals surface area contributed by atoms with Crippen molar-refractivity contribution >= 4 is 11.9 Å². The van der Waals surface area contributed by atoms with E-state index in [4.69, 9.17) is 4.74 Å². The third kappa shape index (κ3) is 4.12. The molecule has 0 saturated carbocycles. The van der Waals surface area contributed by atoms with Crippen molar-refractivity contribution in [2.45, 2.75) is 38.3 Å². The fraction of sp³-hybridized carbons (Fsp3) is 0.579. The second-order valence-electron chi connectivity index (χ2n) is 6.61. The zero-order valence-corrected chi connectivity index (χ0v) is 14.8. The summed E-state index contributed by atoms with van der Waals surface area (Å²) in [7, 11) is 0. The Bertz CT molecular complexity index is 587. The van der Waals surface area contributed by atoms with Crippen LogP contribution in [0.15, 0.2) is 30.3 Å². The summed E-state index contributed by atoms with van der Waals surface area (Å²) in [5.74, 6) is -0.00499. The maximum absolute atomic E-state index is 12.8. The number of nitrogens with zero attached hydrogens (tertiary/aromatic N) is 2. The Morgan fingerprint density at radius 3 is 2.60 bits per heavy atom. The van der Waals surface area contributed by atoms with Crippen molar-refractivity contribution in [3.63, 3.8) is 0 Å². The first-order valence-corrected chi connectivity index (χ1v) is 9.19. The zero-order valence-electron chi connectivity index (χ0n) is 14.8. The average molecular weight is 345 g/mol. The molecule has 2 aliphatic rings. The van der Waals surface area contributed by atoms with Crippen molar-refractivity contribution < 1.29 is 14.3 Å². The van der Waals surface area contributed by atoms with Gasteiger partial charge in [0.2, 0.25) is 5.91 Å². The van der Waals surface area contributed by atoms with Gasteiger partial charge in [0.15, 0.2) is 0 Å². The number of carbonyl (C=O) groups is 2. The fourth-order valence-corrected chi connectivity index (χ4v) is 3.61. The highest BCUT2D eigenvalue weighted by Crippen LogP contribution is 2.31. The molecule has 0 radical (unpaired) electrons. The van der Waals surface area contributed by atoms with Crippen molar-refractivity contribution in [1.82, 2.24) is 15.1 Å². The molecule has 0 aliphatic carbocycles. The number of morpholine rings is 1. The SMILES string of the molecule is CC[C@@H](NC(=O)N1CCC[C@H]1c1ccccc1)C(=O)N1CCOCC1. The van der Waals surface area contributed by atoms with Crippen LogP contribution < -0.4 is 5.32 Å². The van der Waals surface area contributed by atoms with E-state index >= 15 is 0 Å². The van der Waals surface area contributed by atoms with Crippen LogP contribution in [-0.2, 0) is 9.53 Å². The van der Waals surface area contributed by atoms with E-state index in [-0.39, 0.29) is 18.0 Å². The van der Waals surface area contributed by atoms with E-state index in [0.717, 1.165) is 24.9 Å². The molecule has 0 bridgehead atoms. The molecule has 0 aromatic heterocycles. The van der Waals surface area contributed by atoms with Crippen molar-refractivity contribution in [2.75, 3.05) is 32.8 Å². The molecule has 3 amide bonds. The third-order valence-electron chi connectivity index (χ3n) is 5.02. The smallest absolute Gasteiger partial charge is 0.318 e. The van der Waals surface area contributed by atoms with Crippen LogP contribution in [-0.4, -0.2) is 60.6 Å². The molecular weight excluding hydrogens is 318 g/mol. The number of likely N-dealkylation sites (tertiary alicyclic amines) is 1. The molecule has 25 heavy (non-hydrogen) atoms. The lowest BCUT2D eigenvalue weighted by atomic mass is 10.1. The summed E-state index contributed by atoms with van der Waals surface area (Å²) in [6.45, 7) is 5.00. The highest BCUT2D eigenvalue weighted by Gasteiger charge is 2.33. The summed E-state index contributed by atoms with van der Waals surface area (Å²) < 4.78 is 5.30. The Morgan fingerprint density at radius 1 is 1.20 bits per heavy atom. The maximum Gasteiger partial charge on any atom is 0.318 e. The molecule has 136 valence electrons. The van der Waals surface area contributed by atoms with Gasteiger partial charge >= 0.3 is 6.03 Å². The van der Waals surface area contributed by atoms with E-state index in [1.165, 1.54) is 0 Å². The van der Waals surface area contributed by atoms with E-state index < -0.39 is 6.04 Å². The van der Waals surface area contributed by atoms with Crippen LogP contribution in [0.3, 0.4) is 0 Å². The second-order valence-corrected chi connectivity index (χ2v) is 6.61. The summed E-state index contributed by atoms with van der Waals surface area (Å²) in [4.78, 5) is 29.1. The van der Waals surface area contributed by atoms with E-state index in [1.807, 2.05) is 30.0 Å². The Morgan fingerprint density at radius 2 is 1.92 bits per heavy atom. The van der Waals surface area contributed by atoms with Crippen LogP contribution in [0.25, 0.3) is 0 Å². The molecule has 1 aromatic rings. The van der Waals surface area contributed by atoms with Crippen LogP contribution in [0.5, 0.6) is 0 Å². The highest BCUT2D eigenvalue weighted by atomic mass is 16.5. The Hall–Kier alpha value is -2.08. The van der Waals surface area contributed by atoms with Gasteiger partial charge in [0, 0.05) is 19.6 Å². The lowest BCUT2D eigenvalue weighted by Gasteiger charge is -2.32. The molecule has 6 nitrogen and oxygen atoms in total. The number of ether oxygens (including phenoxy) is 1. The van der Waals surface area contributed by atoms with Gasteiger partial charge in [-0.2, -0.15) is 0 Å². The van der Waals surface area contributed by atoms with Gasteiger partial charge in [-0.15, -0.1) is 0 Å². The molecule has 2 saturated heterocycles. The van der Waals surface area contributed by atoms with E-state index in [2.05, 4.69) is 17.4 Å². The number of nitrogens with one attached hydrogen (secondary N) is 1. The molecule has 0 spiro atoms. The van der Waals surface area contributed by atoms with Gasteiger partial charge in [-0.3, -0.25) is 4.79 Å². The molecular formula is C19H27N3O3. The maximum atomic E-state index is 12.8. The normalized spacial score (nSPS) is 21.9. The molecule has 2 atom stereocenters. The number of carbonyl (C=O) groups excluding carboxylic acids is 2. The molecule has 2 aliphatic heterocycles. The van der Waals surface area contributed by atoms with Crippen LogP contribution in [0.2, 0.25) is 0 Å². The minimum atomic E-state index is -0.470. The Labute approximate surface area is 149 Å². The molecule has 6 heteroatoms. The average Bonchev–Trinajstić information content (AvgIpc) is 3.17. The van der Waals surface area contributed by atoms with Crippen molar-refractivity contribution in [1.29, 1.82) is 0 Å². The van der Waals surface area contributed by atoms with Crippen LogP contribution in [0, 0.1) is 0 Å². The van der Waals surface area contributed by atoms with Gasteiger partial charge in [-0.05, 0) is 24.8 Å². The van der Waals surface area contributed by atoms with Crippen LogP contribution >= 0.6 is 0 Å². The van der Waals surface area contributed by atoms with Gasteiger partial charge in [0.25, 0.3) is 0 Å². The van der Waals surface area contributed by atoms with Crippen molar-refractivity contribution in [3.8, 4) is 0 Å². The minimum absolute atomic E-state index is 0.00499. The van der Waals surface area contributed by atoms with Gasteiger partial charge < -0.3 is 19.9 Å². The summed E-state index contributed by atoms with van der Waals surface area (Å²) in [5.41, 5.74) is 1.16. The van der Waals surface area contributed by atoms with E-state index in [1.54, 1.807) is 4.90 Å². The number of hydrogen-bond acceptors (Lipinski definition) is 3. The largest absolute Gasteiger partial charge is 0.378 e. The number of benzene rings is 1. The number of rotatable bonds is 4. The van der Waals surface area contributed by atoms with Gasteiger partial charge in [-0.25, -0.2) is 4.79 Å². The first kappa shape index (κ1) is 17.7. The Balaban J connectivity index is 1.64. The predicted octanol–water partition coefficient (Wildman–Crippen LogP) is 2.17. The third-order valence-corrected chi connectivity index (χ3v) is 5.02. The Kier molecular flexibility index (Phi) is 5.91. The lowest BCUT2D eigenvalue weighted by molar-refractivity contribution is -0.137. The summed E-state index contributed by atoms with van der Waals surface area (Å²) >= 11 is 0. The summed E-state index contributed by atoms with van der Waals surface area (Å²) in [5, 5.41) is 2.96. The predicted molar refractivity (Wildman–Crippen MR) is 95.1 cm³/mol. The topological polar surface area (TPSA) is 61.9 Å². The quantitative estimate of drug-likeness (QED) is 0.910. The molecule has 2 heterocycles. The molecule has 1 N–H and O–H groups in total. The summed E-state index contributed by atoms with van der Waals surface area (Å²) in [6, 6.07) is 9.59. The van der Waals surface area contributed by atoms with E-state index in [9.17, 15) is 9.59 Å². The summed E-state index contributed by atoms with van der Waals surface area (Å²) in [6.07, 6.45) is 2.54. The number of urea groups is 1. The van der Waals surface area contributed by atoms with Gasteiger partial charge in [0.05, 0.1) is 19.3 Å². The number of amides is 3. The molecule has 0 unspecified atom stereocenters. The van der Waals surface area contributed by atoms with E-state index in [0.29, 0.717) is 32.7 Å². The second kappa shape index (κ2) is 8.34. The minimum Gasteiger partial charge on any atom is -0.378 e. The molecule has 1 aromatic carbocycles. The standard InChI is InChI=1S/C19H27N3O3/c1-2-16(18(23)21-11-13-25-14-12-21)20-19(24)22-10-6-9-17(22)15-7-4-3-5-8-15/h3-5,7-8,16-17H,2,6,9-14H2,1H3,(H,20,24)/t16-,17+/m1/s1. The molecule has 2 fully saturated rings. The van der Waals surface area contributed by atoms with Crippen molar-refractivity contribution in [2.24, 2.45) is 0 Å². The fourth-order valence-electron chi connectivity index (χ4n) is 3.61. The van der Waals surface area contributed by atoms with Gasteiger partial charge in [-0.1, -0.05) is 37.3 Å². The first-order chi connectivity index (χ1) is 12.2. The zero-order chi connectivity index (χ0) is 17.6. The first-order valence-electron chi connectivity index (χ1n) is 9.19. The highest BCUT2D eigenvalue weighted by molar-refractivity contribution is 5.87. The molecule has 3 rings (SSSR count). The van der Waals surface area contributed by atoms with Crippen LogP contribution in [0.4, 0.5) is 4.79 Å². The lowest BCUT2D eigenvalue weighted by Crippen LogP contribution is -2.54. The monoisotopic (exact) mass is 345 g/mol. The number of hydrogen-bond donors (Lipinski definition) is 1.